The fourth-order valence-electron chi connectivity index (χ4n) is 4.78. The monoisotopic (exact) mass is 468 g/mol. The van der Waals surface area contributed by atoms with Crippen molar-refractivity contribution in [1.82, 2.24) is 15.2 Å². The van der Waals surface area contributed by atoms with E-state index < -0.39 is 6.04 Å². The van der Waals surface area contributed by atoms with Crippen molar-refractivity contribution in [2.45, 2.75) is 64.6 Å². The van der Waals surface area contributed by atoms with E-state index in [1.807, 2.05) is 48.7 Å². The van der Waals surface area contributed by atoms with Crippen LogP contribution >= 0.6 is 0 Å². The Hall–Kier alpha value is -2.89. The van der Waals surface area contributed by atoms with E-state index in [0.29, 0.717) is 31.5 Å². The highest BCUT2D eigenvalue weighted by molar-refractivity contribution is 5.99. The first-order chi connectivity index (χ1) is 16.4. The van der Waals surface area contributed by atoms with Crippen LogP contribution in [0.4, 0.5) is 0 Å². The van der Waals surface area contributed by atoms with E-state index in [4.69, 9.17) is 0 Å². The summed E-state index contributed by atoms with van der Waals surface area (Å²) in [7, 11) is 0. The van der Waals surface area contributed by atoms with Gasteiger partial charge in [0.1, 0.15) is 11.7 Å². The Bertz CT molecular complexity index is 1020. The van der Waals surface area contributed by atoms with Crippen molar-refractivity contribution in [3.05, 3.63) is 36.0 Å². The van der Waals surface area contributed by atoms with Crippen LogP contribution in [0.5, 0.6) is 0 Å². The number of fused-ring (bicyclic) bond motifs is 1. The van der Waals surface area contributed by atoms with Crippen LogP contribution in [0.25, 0.3) is 10.9 Å². The molecule has 1 unspecified atom stereocenters. The molecule has 4 N–H and O–H groups in total. The van der Waals surface area contributed by atoms with Gasteiger partial charge in [-0.05, 0) is 37.3 Å². The van der Waals surface area contributed by atoms with Crippen LogP contribution in [0.2, 0.25) is 0 Å². The molecule has 0 radical (unpaired) electrons. The molecule has 34 heavy (non-hydrogen) atoms. The lowest BCUT2D eigenvalue weighted by molar-refractivity contribution is -0.127. The molecule has 1 heterocycles. The molecule has 1 aliphatic carbocycles. The van der Waals surface area contributed by atoms with Crippen LogP contribution in [-0.2, 0) is 11.3 Å². The van der Waals surface area contributed by atoms with Crippen molar-refractivity contribution in [2.24, 2.45) is 17.8 Å². The minimum atomic E-state index is -0.540. The molecular weight excluding hydrogens is 432 g/mol. The molecule has 0 spiro atoms. The average Bonchev–Trinajstić information content (AvgIpc) is 3.20. The summed E-state index contributed by atoms with van der Waals surface area (Å²) in [6.45, 7) is 3.95. The Labute approximate surface area is 200 Å². The van der Waals surface area contributed by atoms with E-state index in [0.717, 1.165) is 23.7 Å². The van der Waals surface area contributed by atoms with E-state index in [1.165, 1.54) is 0 Å². The van der Waals surface area contributed by atoms with E-state index in [1.54, 1.807) is 0 Å². The maximum atomic E-state index is 13.4. The van der Waals surface area contributed by atoms with E-state index in [9.17, 15) is 25.1 Å². The number of aliphatic hydroxyl groups excluding tert-OH is 2. The van der Waals surface area contributed by atoms with Gasteiger partial charge in [-0.1, -0.05) is 44.9 Å². The van der Waals surface area contributed by atoms with Gasteiger partial charge in [-0.3, -0.25) is 9.59 Å². The van der Waals surface area contributed by atoms with E-state index in [-0.39, 0.29) is 48.8 Å². The number of hydrogen-bond acceptors (Lipinski definition) is 5. The van der Waals surface area contributed by atoms with Gasteiger partial charge in [0.05, 0.1) is 12.0 Å². The maximum Gasteiger partial charge on any atom is 0.268 e. The van der Waals surface area contributed by atoms with Gasteiger partial charge in [-0.2, -0.15) is 5.26 Å². The first-order valence-electron chi connectivity index (χ1n) is 12.2. The summed E-state index contributed by atoms with van der Waals surface area (Å²) in [4.78, 5) is 26.4. The highest BCUT2D eigenvalue weighted by Gasteiger charge is 2.34. The van der Waals surface area contributed by atoms with Gasteiger partial charge < -0.3 is 25.4 Å². The number of rotatable bonds is 10. The molecule has 1 fully saturated rings. The third kappa shape index (κ3) is 6.16. The lowest BCUT2D eigenvalue weighted by Gasteiger charge is -2.32. The van der Waals surface area contributed by atoms with E-state index >= 15 is 0 Å². The minimum Gasteiger partial charge on any atom is -0.396 e. The summed E-state index contributed by atoms with van der Waals surface area (Å²) < 4.78 is 1.83. The first-order valence-corrected chi connectivity index (χ1v) is 12.2. The molecule has 184 valence electrons. The fraction of sp³-hybridized carbons (Fsp3) is 0.577. The number of carbonyl (C=O) groups is 2. The van der Waals surface area contributed by atoms with Crippen LogP contribution in [0.15, 0.2) is 30.3 Å². The molecule has 1 aromatic carbocycles. The van der Waals surface area contributed by atoms with Gasteiger partial charge in [0.15, 0.2) is 0 Å². The molecule has 3 atom stereocenters. The predicted octanol–water partition coefficient (Wildman–Crippen LogP) is 2.59. The standard InChI is InChI=1S/C26H36N4O4/c1-17(2)11-20(13-27)28-25(33)21-8-4-5-9-22(21)29-26(34)24-12-19-7-3-6-10-23(19)30(24)14-18(15-31)16-32/h3,6-7,10,12,17-18,20-22,31-32H,4-5,8-9,11,14-16H2,1-2H3,(H,28,33)(H,29,34)/t20?,21-,22+/m1/s1. The maximum absolute atomic E-state index is 13.4. The van der Waals surface area contributed by atoms with Crippen molar-refractivity contribution < 1.29 is 19.8 Å². The first kappa shape index (κ1) is 25.7. The van der Waals surface area contributed by atoms with Crippen molar-refractivity contribution >= 4 is 22.7 Å². The molecular formula is C26H36N4O4. The molecule has 3 rings (SSSR count). The second kappa shape index (κ2) is 12.0. The third-order valence-corrected chi connectivity index (χ3v) is 6.60. The number of aromatic nitrogens is 1. The van der Waals surface area contributed by atoms with Crippen LogP contribution in [0.1, 0.15) is 56.4 Å². The Morgan fingerprint density at radius 2 is 1.88 bits per heavy atom. The molecule has 8 nitrogen and oxygen atoms in total. The zero-order chi connectivity index (χ0) is 24.7. The Morgan fingerprint density at radius 3 is 2.56 bits per heavy atom. The third-order valence-electron chi connectivity index (χ3n) is 6.60. The number of nitriles is 1. The second-order valence-electron chi connectivity index (χ2n) is 9.72. The van der Waals surface area contributed by atoms with Gasteiger partial charge in [-0.25, -0.2) is 0 Å². The zero-order valence-corrected chi connectivity index (χ0v) is 20.0. The number of benzene rings is 1. The molecule has 1 saturated carbocycles. The minimum absolute atomic E-state index is 0.182. The number of nitrogens with one attached hydrogen (secondary N) is 2. The van der Waals surface area contributed by atoms with Gasteiger partial charge in [0.2, 0.25) is 5.91 Å². The summed E-state index contributed by atoms with van der Waals surface area (Å²) in [6, 6.07) is 10.7. The van der Waals surface area contributed by atoms with Crippen molar-refractivity contribution in [1.29, 1.82) is 5.26 Å². The SMILES string of the molecule is CC(C)CC(C#N)NC(=O)[C@@H]1CCCC[C@@H]1NC(=O)c1cc2ccccc2n1CC(CO)CO. The molecule has 2 amide bonds. The Morgan fingerprint density at radius 1 is 1.18 bits per heavy atom. The molecule has 1 aromatic heterocycles. The van der Waals surface area contributed by atoms with Crippen LogP contribution < -0.4 is 10.6 Å². The van der Waals surface area contributed by atoms with Crippen molar-refractivity contribution in [2.75, 3.05) is 13.2 Å². The summed E-state index contributed by atoms with van der Waals surface area (Å²) in [5.41, 5.74) is 1.29. The van der Waals surface area contributed by atoms with Gasteiger partial charge in [0.25, 0.3) is 5.91 Å². The predicted molar refractivity (Wildman–Crippen MR) is 130 cm³/mol. The van der Waals surface area contributed by atoms with Gasteiger partial charge in [-0.15, -0.1) is 0 Å². The summed E-state index contributed by atoms with van der Waals surface area (Å²) in [5, 5.41) is 35.4. The quantitative estimate of drug-likeness (QED) is 0.426. The second-order valence-corrected chi connectivity index (χ2v) is 9.72. The number of amides is 2. The average molecular weight is 469 g/mol. The molecule has 0 aliphatic heterocycles. The normalized spacial score (nSPS) is 19.2. The van der Waals surface area contributed by atoms with Crippen LogP contribution in [-0.4, -0.2) is 51.9 Å². The molecule has 0 bridgehead atoms. The number of para-hydroxylation sites is 1. The van der Waals surface area contributed by atoms with Gasteiger partial charge in [0, 0.05) is 42.6 Å². The number of hydrogen-bond donors (Lipinski definition) is 4. The Balaban J connectivity index is 1.80. The highest BCUT2D eigenvalue weighted by atomic mass is 16.3. The summed E-state index contributed by atoms with van der Waals surface area (Å²) in [5.74, 6) is -0.955. The van der Waals surface area contributed by atoms with Crippen LogP contribution in [0.3, 0.4) is 0 Å². The van der Waals surface area contributed by atoms with Crippen molar-refractivity contribution in [3.8, 4) is 6.07 Å². The number of carbonyl (C=O) groups excluding carboxylic acids is 2. The van der Waals surface area contributed by atoms with Crippen molar-refractivity contribution in [3.63, 3.8) is 0 Å². The topological polar surface area (TPSA) is 127 Å². The fourth-order valence-corrected chi connectivity index (χ4v) is 4.78. The molecule has 1 aliphatic rings. The molecule has 8 heteroatoms. The highest BCUT2D eigenvalue weighted by Crippen LogP contribution is 2.27. The Kier molecular flexibility index (Phi) is 9.08. The molecule has 0 saturated heterocycles. The molecule has 2 aromatic rings. The lowest BCUT2D eigenvalue weighted by atomic mass is 9.83. The lowest BCUT2D eigenvalue weighted by Crippen LogP contribution is -2.50. The zero-order valence-electron chi connectivity index (χ0n) is 20.0. The van der Waals surface area contributed by atoms with E-state index in [2.05, 4.69) is 16.7 Å². The summed E-state index contributed by atoms with van der Waals surface area (Å²) >= 11 is 0. The summed E-state index contributed by atoms with van der Waals surface area (Å²) in [6.07, 6.45) is 3.77. The number of aliphatic hydroxyl groups is 2. The number of nitrogens with zero attached hydrogens (tertiary/aromatic N) is 2. The van der Waals surface area contributed by atoms with Gasteiger partial charge >= 0.3 is 0 Å². The smallest absolute Gasteiger partial charge is 0.268 e. The van der Waals surface area contributed by atoms with Crippen LogP contribution in [0, 0.1) is 29.1 Å². The largest absolute Gasteiger partial charge is 0.396 e.